The molecule has 1 saturated heterocycles. The third kappa shape index (κ3) is 5.96. The van der Waals surface area contributed by atoms with Gasteiger partial charge in [0.05, 0.1) is 12.0 Å². The van der Waals surface area contributed by atoms with Crippen LogP contribution in [0.4, 0.5) is 11.4 Å². The van der Waals surface area contributed by atoms with E-state index in [0.29, 0.717) is 6.54 Å². The van der Waals surface area contributed by atoms with E-state index in [4.69, 9.17) is 4.74 Å². The van der Waals surface area contributed by atoms with Gasteiger partial charge in [0.15, 0.2) is 5.96 Å². The van der Waals surface area contributed by atoms with Gasteiger partial charge in [0.2, 0.25) is 0 Å². The molecule has 1 N–H and O–H groups in total. The molecule has 0 atom stereocenters. The van der Waals surface area contributed by atoms with Crippen molar-refractivity contribution >= 4 is 41.3 Å². The Bertz CT molecular complexity index is 819. The van der Waals surface area contributed by atoms with Crippen LogP contribution in [0.25, 0.3) is 0 Å². The molecule has 0 spiro atoms. The lowest BCUT2D eigenvalue weighted by Gasteiger charge is -2.37. The zero-order valence-electron chi connectivity index (χ0n) is 16.6. The molecule has 9 heteroatoms. The monoisotopic (exact) mass is 511 g/mol. The number of hydrogen-bond acceptors (Lipinski definition) is 5. The first kappa shape index (κ1) is 22.7. The van der Waals surface area contributed by atoms with Crippen molar-refractivity contribution in [2.45, 2.75) is 6.54 Å². The van der Waals surface area contributed by atoms with Crippen molar-refractivity contribution < 1.29 is 9.66 Å². The SMILES string of the molecule is CN=C(NCc1ccc([N+](=O)[O-])cc1)N1CCN(c2ccc(OC)cc2)CC1.I. The number of hydrogen-bond donors (Lipinski definition) is 1. The lowest BCUT2D eigenvalue weighted by molar-refractivity contribution is -0.384. The zero-order valence-corrected chi connectivity index (χ0v) is 18.9. The minimum atomic E-state index is -0.390. The van der Waals surface area contributed by atoms with Crippen LogP contribution in [-0.4, -0.2) is 56.1 Å². The first-order chi connectivity index (χ1) is 13.6. The highest BCUT2D eigenvalue weighted by Gasteiger charge is 2.19. The van der Waals surface area contributed by atoms with Gasteiger partial charge in [-0.25, -0.2) is 0 Å². The topological polar surface area (TPSA) is 83.2 Å². The molecule has 1 fully saturated rings. The molecule has 2 aromatic carbocycles. The summed E-state index contributed by atoms with van der Waals surface area (Å²) in [6.07, 6.45) is 0. The van der Waals surface area contributed by atoms with Gasteiger partial charge in [-0.3, -0.25) is 15.1 Å². The highest BCUT2D eigenvalue weighted by Crippen LogP contribution is 2.20. The lowest BCUT2D eigenvalue weighted by Crippen LogP contribution is -2.52. The fourth-order valence-corrected chi connectivity index (χ4v) is 3.22. The number of nitrogens with zero attached hydrogens (tertiary/aromatic N) is 4. The van der Waals surface area contributed by atoms with Crippen LogP contribution in [0.2, 0.25) is 0 Å². The number of rotatable bonds is 5. The van der Waals surface area contributed by atoms with Crippen LogP contribution in [0.1, 0.15) is 5.56 Å². The quantitative estimate of drug-likeness (QED) is 0.219. The van der Waals surface area contributed by atoms with Crippen LogP contribution in [0.15, 0.2) is 53.5 Å². The molecule has 1 aliphatic heterocycles. The smallest absolute Gasteiger partial charge is 0.269 e. The fourth-order valence-electron chi connectivity index (χ4n) is 3.22. The van der Waals surface area contributed by atoms with E-state index in [2.05, 4.69) is 32.2 Å². The third-order valence-corrected chi connectivity index (χ3v) is 4.83. The Labute approximate surface area is 187 Å². The number of nitro benzene ring substituents is 1. The Morgan fingerprint density at radius 1 is 1.10 bits per heavy atom. The molecule has 0 aliphatic carbocycles. The molecule has 0 bridgehead atoms. The number of anilines is 1. The Hall–Kier alpha value is -2.56. The molecule has 0 amide bonds. The van der Waals surface area contributed by atoms with Crippen molar-refractivity contribution in [3.05, 3.63) is 64.2 Å². The maximum atomic E-state index is 10.7. The van der Waals surface area contributed by atoms with Crippen LogP contribution < -0.4 is 15.0 Å². The molecule has 0 saturated carbocycles. The molecule has 8 nitrogen and oxygen atoms in total. The molecule has 1 heterocycles. The summed E-state index contributed by atoms with van der Waals surface area (Å²) in [4.78, 5) is 19.3. The fraction of sp³-hybridized carbons (Fsp3) is 0.350. The summed E-state index contributed by atoms with van der Waals surface area (Å²) in [7, 11) is 3.44. The summed E-state index contributed by atoms with van der Waals surface area (Å²) >= 11 is 0. The number of nitro groups is 1. The first-order valence-corrected chi connectivity index (χ1v) is 9.18. The van der Waals surface area contributed by atoms with Gasteiger partial charge in [0.1, 0.15) is 5.75 Å². The van der Waals surface area contributed by atoms with Gasteiger partial charge in [-0.2, -0.15) is 0 Å². The van der Waals surface area contributed by atoms with E-state index in [9.17, 15) is 10.1 Å². The van der Waals surface area contributed by atoms with Crippen molar-refractivity contribution in [3.8, 4) is 5.75 Å². The van der Waals surface area contributed by atoms with Crippen LogP contribution in [0.5, 0.6) is 5.75 Å². The summed E-state index contributed by atoms with van der Waals surface area (Å²) in [6.45, 7) is 4.12. The Morgan fingerprint density at radius 2 is 1.72 bits per heavy atom. The Kier molecular flexibility index (Phi) is 8.50. The van der Waals surface area contributed by atoms with Gasteiger partial charge < -0.3 is 19.9 Å². The maximum Gasteiger partial charge on any atom is 0.269 e. The molecular weight excluding hydrogens is 485 g/mol. The second kappa shape index (κ2) is 10.8. The van der Waals surface area contributed by atoms with Gasteiger partial charge in [0.25, 0.3) is 5.69 Å². The molecule has 0 unspecified atom stereocenters. The largest absolute Gasteiger partial charge is 0.497 e. The van der Waals surface area contributed by atoms with Gasteiger partial charge >= 0.3 is 0 Å². The maximum absolute atomic E-state index is 10.7. The Balaban J connectivity index is 0.00000300. The van der Waals surface area contributed by atoms with E-state index in [-0.39, 0.29) is 29.7 Å². The standard InChI is InChI=1S/C20H25N5O3.HI/c1-21-20(22-15-16-3-5-18(6-4-16)25(26)27)24-13-11-23(12-14-24)17-7-9-19(28-2)10-8-17;/h3-10H,11-15H2,1-2H3,(H,21,22);1H. The van der Waals surface area contributed by atoms with Crippen molar-refractivity contribution in [2.75, 3.05) is 45.2 Å². The minimum absolute atomic E-state index is 0. The number of ether oxygens (including phenoxy) is 1. The van der Waals surface area contributed by atoms with Crippen molar-refractivity contribution in [3.63, 3.8) is 0 Å². The molecule has 2 aromatic rings. The summed E-state index contributed by atoms with van der Waals surface area (Å²) in [5.41, 5.74) is 2.26. The van der Waals surface area contributed by atoms with Crippen LogP contribution in [-0.2, 0) is 6.54 Å². The number of non-ortho nitro benzene ring substituents is 1. The number of halogens is 1. The first-order valence-electron chi connectivity index (χ1n) is 9.18. The normalized spacial score (nSPS) is 14.2. The summed E-state index contributed by atoms with van der Waals surface area (Å²) < 4.78 is 5.22. The number of methoxy groups -OCH3 is 1. The van der Waals surface area contributed by atoms with Crippen LogP contribution in [0.3, 0.4) is 0 Å². The average molecular weight is 511 g/mol. The van der Waals surface area contributed by atoms with E-state index in [1.165, 1.54) is 17.8 Å². The van der Waals surface area contributed by atoms with Gasteiger partial charge in [-0.05, 0) is 29.8 Å². The average Bonchev–Trinajstić information content (AvgIpc) is 2.75. The minimum Gasteiger partial charge on any atom is -0.497 e. The number of aliphatic imine (C=N–C) groups is 1. The lowest BCUT2D eigenvalue weighted by atomic mass is 10.2. The third-order valence-electron chi connectivity index (χ3n) is 4.83. The van der Waals surface area contributed by atoms with Crippen molar-refractivity contribution in [2.24, 2.45) is 4.99 Å². The van der Waals surface area contributed by atoms with Gasteiger partial charge in [-0.1, -0.05) is 12.1 Å². The second-order valence-electron chi connectivity index (χ2n) is 6.50. The van der Waals surface area contributed by atoms with Crippen molar-refractivity contribution in [1.29, 1.82) is 0 Å². The van der Waals surface area contributed by atoms with Crippen LogP contribution in [0, 0.1) is 10.1 Å². The van der Waals surface area contributed by atoms with E-state index in [1.54, 1.807) is 26.3 Å². The number of benzene rings is 2. The predicted octanol–water partition coefficient (Wildman–Crippen LogP) is 3.12. The van der Waals surface area contributed by atoms with E-state index >= 15 is 0 Å². The molecule has 0 aromatic heterocycles. The van der Waals surface area contributed by atoms with Gasteiger partial charge in [-0.15, -0.1) is 24.0 Å². The molecule has 1 aliphatic rings. The molecule has 156 valence electrons. The molecule has 0 radical (unpaired) electrons. The number of nitrogens with one attached hydrogen (secondary N) is 1. The van der Waals surface area contributed by atoms with Crippen LogP contribution >= 0.6 is 24.0 Å². The highest BCUT2D eigenvalue weighted by atomic mass is 127. The molecule has 3 rings (SSSR count). The zero-order chi connectivity index (χ0) is 19.9. The van der Waals surface area contributed by atoms with Gasteiger partial charge in [0, 0.05) is 57.6 Å². The molecular formula is C20H26IN5O3. The van der Waals surface area contributed by atoms with Crippen molar-refractivity contribution in [1.82, 2.24) is 10.2 Å². The summed E-state index contributed by atoms with van der Waals surface area (Å²) in [5.74, 6) is 1.70. The molecule has 29 heavy (non-hydrogen) atoms. The van der Waals surface area contributed by atoms with E-state index in [0.717, 1.165) is 43.5 Å². The summed E-state index contributed by atoms with van der Waals surface area (Å²) in [5, 5.41) is 14.1. The van der Waals surface area contributed by atoms with E-state index < -0.39 is 4.92 Å². The number of guanidine groups is 1. The van der Waals surface area contributed by atoms with E-state index in [1.807, 2.05) is 12.1 Å². The Morgan fingerprint density at radius 3 is 2.24 bits per heavy atom. The number of piperazine rings is 1. The second-order valence-corrected chi connectivity index (χ2v) is 6.50. The highest BCUT2D eigenvalue weighted by molar-refractivity contribution is 14.0. The summed E-state index contributed by atoms with van der Waals surface area (Å²) in [6, 6.07) is 14.7. The predicted molar refractivity (Wildman–Crippen MR) is 125 cm³/mol.